The molecule has 6 heteroatoms. The smallest absolute Gasteiger partial charge is 0.233 e. The summed E-state index contributed by atoms with van der Waals surface area (Å²) in [6, 6.07) is 20.2. The van der Waals surface area contributed by atoms with Gasteiger partial charge in [0.1, 0.15) is 18.5 Å². The number of carbonyl (C=O) groups is 1. The van der Waals surface area contributed by atoms with E-state index in [0.29, 0.717) is 32.1 Å². The summed E-state index contributed by atoms with van der Waals surface area (Å²) in [5.74, 6) is 1.34. The Kier molecular flexibility index (Phi) is 7.22. The zero-order chi connectivity index (χ0) is 21.5. The number of pyridine rings is 1. The van der Waals surface area contributed by atoms with Crippen LogP contribution in [0.25, 0.3) is 0 Å². The molecule has 1 amide bonds. The number of thioether (sulfide) groups is 1. The Hall–Kier alpha value is -2.83. The van der Waals surface area contributed by atoms with Crippen molar-refractivity contribution in [3.05, 3.63) is 89.7 Å². The second kappa shape index (κ2) is 10.5. The van der Waals surface area contributed by atoms with E-state index < -0.39 is 0 Å². The molecule has 5 nitrogen and oxygen atoms in total. The number of ether oxygens (including phenoxy) is 2. The lowest BCUT2D eigenvalue weighted by atomic mass is 9.99. The van der Waals surface area contributed by atoms with E-state index in [2.05, 4.69) is 29.2 Å². The van der Waals surface area contributed by atoms with Crippen molar-refractivity contribution in [2.75, 3.05) is 25.5 Å². The van der Waals surface area contributed by atoms with Crippen molar-refractivity contribution in [3.63, 3.8) is 0 Å². The lowest BCUT2D eigenvalue weighted by Gasteiger charge is -2.21. The Bertz CT molecular complexity index is 998. The van der Waals surface area contributed by atoms with Gasteiger partial charge < -0.3 is 14.4 Å². The highest BCUT2D eigenvalue weighted by atomic mass is 32.2. The average Bonchev–Trinajstić information content (AvgIpc) is 3.04. The Morgan fingerprint density at radius 2 is 1.94 bits per heavy atom. The van der Waals surface area contributed by atoms with Gasteiger partial charge in [-0.05, 0) is 42.3 Å². The number of carbonyl (C=O) groups excluding carboxylic acids is 1. The third-order valence-electron chi connectivity index (χ3n) is 5.17. The van der Waals surface area contributed by atoms with Crippen LogP contribution in [-0.4, -0.2) is 41.3 Å². The maximum absolute atomic E-state index is 12.9. The molecule has 0 saturated heterocycles. The average molecular weight is 435 g/mol. The number of benzene rings is 2. The van der Waals surface area contributed by atoms with Gasteiger partial charge in [-0.25, -0.2) is 0 Å². The molecular formula is C25H26N2O3S. The largest absolute Gasteiger partial charge is 0.491 e. The minimum absolute atomic E-state index is 0.105. The van der Waals surface area contributed by atoms with Crippen LogP contribution >= 0.6 is 11.8 Å². The van der Waals surface area contributed by atoms with Crippen LogP contribution in [0.5, 0.6) is 5.75 Å². The molecule has 1 aliphatic rings. The van der Waals surface area contributed by atoms with Crippen molar-refractivity contribution < 1.29 is 14.3 Å². The fourth-order valence-electron chi connectivity index (χ4n) is 3.64. The van der Waals surface area contributed by atoms with Gasteiger partial charge in [0.25, 0.3) is 0 Å². The topological polar surface area (TPSA) is 51.7 Å². The van der Waals surface area contributed by atoms with Gasteiger partial charge in [0.15, 0.2) is 0 Å². The fourth-order valence-corrected chi connectivity index (χ4v) is 4.43. The Balaban J connectivity index is 1.51. The molecule has 1 atom stereocenters. The predicted octanol–water partition coefficient (Wildman–Crippen LogP) is 4.72. The SMILES string of the molecule is CCO[C@H](c1ccccc1)c1ccc2c(c1)CN(C(=O)CSc1ccncc1)CCO2. The highest BCUT2D eigenvalue weighted by Crippen LogP contribution is 2.32. The van der Waals surface area contributed by atoms with E-state index in [-0.39, 0.29) is 12.0 Å². The van der Waals surface area contributed by atoms with Crippen LogP contribution < -0.4 is 4.74 Å². The Morgan fingerprint density at radius 1 is 1.13 bits per heavy atom. The summed E-state index contributed by atoms with van der Waals surface area (Å²) in [4.78, 5) is 19.8. The van der Waals surface area contributed by atoms with Gasteiger partial charge in [-0.2, -0.15) is 0 Å². The molecule has 3 aromatic rings. The maximum atomic E-state index is 12.9. The van der Waals surface area contributed by atoms with Gasteiger partial charge in [-0.1, -0.05) is 36.4 Å². The van der Waals surface area contributed by atoms with Crippen molar-refractivity contribution in [1.82, 2.24) is 9.88 Å². The molecule has 0 fully saturated rings. The summed E-state index contributed by atoms with van der Waals surface area (Å²) >= 11 is 1.53. The summed E-state index contributed by atoms with van der Waals surface area (Å²) in [7, 11) is 0. The molecular weight excluding hydrogens is 408 g/mol. The number of fused-ring (bicyclic) bond motifs is 1. The maximum Gasteiger partial charge on any atom is 0.233 e. The zero-order valence-electron chi connectivity index (χ0n) is 17.6. The first-order valence-corrected chi connectivity index (χ1v) is 11.5. The summed E-state index contributed by atoms with van der Waals surface area (Å²) in [6.45, 7) is 4.22. The first-order valence-electron chi connectivity index (χ1n) is 10.5. The normalized spacial score (nSPS) is 14.3. The van der Waals surface area contributed by atoms with Crippen LogP contribution in [0.15, 0.2) is 78.0 Å². The summed E-state index contributed by atoms with van der Waals surface area (Å²) in [6.07, 6.45) is 3.34. The number of rotatable bonds is 7. The molecule has 0 radical (unpaired) electrons. The first kappa shape index (κ1) is 21.4. The Labute approximate surface area is 187 Å². The van der Waals surface area contributed by atoms with Gasteiger partial charge in [-0.15, -0.1) is 11.8 Å². The van der Waals surface area contributed by atoms with Crippen molar-refractivity contribution in [2.45, 2.75) is 24.5 Å². The van der Waals surface area contributed by atoms with Crippen LogP contribution in [0.1, 0.15) is 29.7 Å². The van der Waals surface area contributed by atoms with Crippen molar-refractivity contribution in [3.8, 4) is 5.75 Å². The van der Waals surface area contributed by atoms with Crippen LogP contribution in [0.4, 0.5) is 0 Å². The molecule has 2 aromatic carbocycles. The molecule has 160 valence electrons. The van der Waals surface area contributed by atoms with Gasteiger partial charge in [-0.3, -0.25) is 9.78 Å². The van der Waals surface area contributed by atoms with Crippen LogP contribution in [-0.2, 0) is 16.1 Å². The molecule has 0 N–H and O–H groups in total. The van der Waals surface area contributed by atoms with E-state index in [1.165, 1.54) is 11.8 Å². The quantitative estimate of drug-likeness (QED) is 0.504. The molecule has 0 saturated carbocycles. The summed E-state index contributed by atoms with van der Waals surface area (Å²) < 4.78 is 12.0. The van der Waals surface area contributed by atoms with Gasteiger partial charge in [0.05, 0.1) is 12.3 Å². The first-order chi connectivity index (χ1) is 15.2. The highest BCUT2D eigenvalue weighted by Gasteiger charge is 2.22. The molecule has 0 spiro atoms. The van der Waals surface area contributed by atoms with E-state index in [9.17, 15) is 4.79 Å². The molecule has 0 bridgehead atoms. The number of hydrogen-bond donors (Lipinski definition) is 0. The molecule has 0 aliphatic carbocycles. The van der Waals surface area contributed by atoms with E-state index >= 15 is 0 Å². The van der Waals surface area contributed by atoms with Crippen molar-refractivity contribution in [1.29, 1.82) is 0 Å². The van der Waals surface area contributed by atoms with Gasteiger partial charge >= 0.3 is 0 Å². The van der Waals surface area contributed by atoms with Crippen molar-refractivity contribution >= 4 is 17.7 Å². The number of nitrogens with zero attached hydrogens (tertiary/aromatic N) is 2. The van der Waals surface area contributed by atoms with Crippen LogP contribution in [0, 0.1) is 0 Å². The third kappa shape index (κ3) is 5.46. The van der Waals surface area contributed by atoms with Crippen LogP contribution in [0.3, 0.4) is 0 Å². The van der Waals surface area contributed by atoms with E-state index in [1.54, 1.807) is 12.4 Å². The number of aromatic nitrogens is 1. The number of amides is 1. The number of hydrogen-bond acceptors (Lipinski definition) is 5. The fraction of sp³-hybridized carbons (Fsp3) is 0.280. The van der Waals surface area contributed by atoms with E-state index in [0.717, 1.165) is 27.3 Å². The minimum Gasteiger partial charge on any atom is -0.491 e. The molecule has 31 heavy (non-hydrogen) atoms. The highest BCUT2D eigenvalue weighted by molar-refractivity contribution is 8.00. The summed E-state index contributed by atoms with van der Waals surface area (Å²) in [5, 5.41) is 0. The predicted molar refractivity (Wildman–Crippen MR) is 122 cm³/mol. The molecule has 2 heterocycles. The molecule has 1 aliphatic heterocycles. The second-order valence-electron chi connectivity index (χ2n) is 7.25. The minimum atomic E-state index is -0.147. The second-order valence-corrected chi connectivity index (χ2v) is 8.30. The van der Waals surface area contributed by atoms with E-state index in [4.69, 9.17) is 9.47 Å². The van der Waals surface area contributed by atoms with Gasteiger partial charge in [0, 0.05) is 36.0 Å². The van der Waals surface area contributed by atoms with Crippen molar-refractivity contribution in [2.24, 2.45) is 0 Å². The lowest BCUT2D eigenvalue weighted by molar-refractivity contribution is -0.129. The third-order valence-corrected chi connectivity index (χ3v) is 6.16. The summed E-state index contributed by atoms with van der Waals surface area (Å²) in [5.41, 5.74) is 3.19. The van der Waals surface area contributed by atoms with Gasteiger partial charge in [0.2, 0.25) is 5.91 Å². The van der Waals surface area contributed by atoms with Crippen LogP contribution in [0.2, 0.25) is 0 Å². The standard InChI is InChI=1S/C25H26N2O3S/c1-2-29-25(19-6-4-3-5-7-19)20-8-9-23-21(16-20)17-27(14-15-30-23)24(28)18-31-22-10-12-26-13-11-22/h3-13,16,25H,2,14-15,17-18H2,1H3/t25-/m1/s1. The lowest BCUT2D eigenvalue weighted by Crippen LogP contribution is -2.33. The monoisotopic (exact) mass is 434 g/mol. The Morgan fingerprint density at radius 3 is 2.71 bits per heavy atom. The molecule has 1 aromatic heterocycles. The molecule has 0 unspecified atom stereocenters. The molecule has 4 rings (SSSR count). The van der Waals surface area contributed by atoms with E-state index in [1.807, 2.05) is 48.2 Å². The zero-order valence-corrected chi connectivity index (χ0v) is 18.4.